The Bertz CT molecular complexity index is 293. The summed E-state index contributed by atoms with van der Waals surface area (Å²) in [6, 6.07) is 0. The van der Waals surface area contributed by atoms with E-state index in [4.69, 9.17) is 0 Å². The monoisotopic (exact) mass is 237 g/mol. The van der Waals surface area contributed by atoms with E-state index in [9.17, 15) is 0 Å². The maximum absolute atomic E-state index is 3.12. The van der Waals surface area contributed by atoms with Crippen LogP contribution in [0.2, 0.25) is 0 Å². The van der Waals surface area contributed by atoms with Crippen LogP contribution in [0.1, 0.15) is 40.5 Å². The first-order valence-corrected chi connectivity index (χ1v) is 5.10. The van der Waals surface area contributed by atoms with Crippen molar-refractivity contribution < 1.29 is 18.6 Å². The quantitative estimate of drug-likeness (QED) is 0.555. The predicted octanol–water partition coefficient (Wildman–Crippen LogP) is 4.17. The fourth-order valence-electron chi connectivity index (χ4n) is 1.27. The standard InChI is InChI=1S/2C7H9.V/c2*1-6-4-3-5-7(6)2;/h2*3H,4H2,1-2H3;/q2*-1;+2. The number of hydrogen-bond acceptors (Lipinski definition) is 0. The Kier molecular flexibility index (Phi) is 6.71. The van der Waals surface area contributed by atoms with Crippen molar-refractivity contribution in [1.29, 1.82) is 0 Å². The second-order valence-electron chi connectivity index (χ2n) is 3.92. The molecule has 0 amide bonds. The maximum atomic E-state index is 3.12. The Morgan fingerprint density at radius 2 is 1.13 bits per heavy atom. The van der Waals surface area contributed by atoms with Gasteiger partial charge in [0.2, 0.25) is 0 Å². The maximum Gasteiger partial charge on any atom is 2.00 e. The van der Waals surface area contributed by atoms with Gasteiger partial charge in [-0.3, -0.25) is 12.2 Å². The first kappa shape index (κ1) is 14.5. The van der Waals surface area contributed by atoms with Gasteiger partial charge in [-0.15, -0.1) is 13.8 Å². The van der Waals surface area contributed by atoms with Gasteiger partial charge in [-0.25, -0.2) is 22.3 Å². The van der Waals surface area contributed by atoms with Crippen LogP contribution < -0.4 is 0 Å². The third kappa shape index (κ3) is 4.73. The average Bonchev–Trinajstić information content (AvgIpc) is 2.67. The summed E-state index contributed by atoms with van der Waals surface area (Å²) in [5.74, 6) is 0. The van der Waals surface area contributed by atoms with Crippen molar-refractivity contribution in [1.82, 2.24) is 0 Å². The Balaban J connectivity index is 0.000000245. The third-order valence-corrected chi connectivity index (χ3v) is 2.73. The van der Waals surface area contributed by atoms with Crippen molar-refractivity contribution in [3.05, 3.63) is 46.6 Å². The van der Waals surface area contributed by atoms with Crippen LogP contribution in [0.15, 0.2) is 34.4 Å². The van der Waals surface area contributed by atoms with Crippen molar-refractivity contribution >= 4 is 0 Å². The Morgan fingerprint density at radius 3 is 1.20 bits per heavy atom. The van der Waals surface area contributed by atoms with E-state index in [2.05, 4.69) is 52.0 Å². The zero-order valence-electron chi connectivity index (χ0n) is 10.0. The van der Waals surface area contributed by atoms with Crippen LogP contribution in [-0.4, -0.2) is 0 Å². The van der Waals surface area contributed by atoms with E-state index < -0.39 is 0 Å². The molecule has 1 radical (unpaired) electrons. The largest absolute Gasteiger partial charge is 2.00 e. The van der Waals surface area contributed by atoms with Gasteiger partial charge >= 0.3 is 18.6 Å². The molecule has 0 spiro atoms. The molecule has 0 saturated carbocycles. The third-order valence-electron chi connectivity index (χ3n) is 2.73. The van der Waals surface area contributed by atoms with E-state index in [1.807, 2.05) is 0 Å². The minimum absolute atomic E-state index is 0. The van der Waals surface area contributed by atoms with Crippen molar-refractivity contribution in [2.75, 3.05) is 0 Å². The fraction of sp³-hybridized carbons (Fsp3) is 0.429. The van der Waals surface area contributed by atoms with Crippen LogP contribution in [0.25, 0.3) is 0 Å². The van der Waals surface area contributed by atoms with Crippen LogP contribution in [0.4, 0.5) is 0 Å². The van der Waals surface area contributed by atoms with Gasteiger partial charge in [0.15, 0.2) is 0 Å². The molecule has 0 N–H and O–H groups in total. The smallest absolute Gasteiger partial charge is 0.253 e. The van der Waals surface area contributed by atoms with Gasteiger partial charge in [0.25, 0.3) is 0 Å². The van der Waals surface area contributed by atoms with Gasteiger partial charge in [0.05, 0.1) is 0 Å². The summed E-state index contributed by atoms with van der Waals surface area (Å²) in [5, 5.41) is 0. The fourth-order valence-corrected chi connectivity index (χ4v) is 1.27. The molecule has 0 aromatic rings. The van der Waals surface area contributed by atoms with E-state index in [1.54, 1.807) is 0 Å². The summed E-state index contributed by atoms with van der Waals surface area (Å²) < 4.78 is 0. The van der Waals surface area contributed by atoms with E-state index in [0.717, 1.165) is 12.8 Å². The number of hydrogen-bond donors (Lipinski definition) is 0. The molecular formula is C14H18V. The van der Waals surface area contributed by atoms with Gasteiger partial charge < -0.3 is 0 Å². The molecule has 1 heteroatoms. The molecular weight excluding hydrogens is 219 g/mol. The Labute approximate surface area is 106 Å². The SMILES string of the molecule is CC1=C(C)CC=[C-]1.CC1=C(C)CC=[C-]1.[V+2]. The zero-order chi connectivity index (χ0) is 10.6. The molecule has 0 unspecified atom stereocenters. The molecule has 0 aliphatic heterocycles. The molecule has 2 aliphatic rings. The molecule has 0 saturated heterocycles. The number of allylic oxidation sites excluding steroid dienone is 8. The molecule has 0 bridgehead atoms. The molecule has 0 fully saturated rings. The van der Waals surface area contributed by atoms with Gasteiger partial charge in [0.1, 0.15) is 0 Å². The second kappa shape index (κ2) is 6.92. The minimum atomic E-state index is 0. The molecule has 79 valence electrons. The van der Waals surface area contributed by atoms with E-state index in [1.165, 1.54) is 22.3 Å². The summed E-state index contributed by atoms with van der Waals surface area (Å²) in [6.45, 7) is 8.48. The summed E-state index contributed by atoms with van der Waals surface area (Å²) in [7, 11) is 0. The van der Waals surface area contributed by atoms with Crippen molar-refractivity contribution in [2.24, 2.45) is 0 Å². The molecule has 0 nitrogen and oxygen atoms in total. The van der Waals surface area contributed by atoms with Crippen LogP contribution in [0, 0.1) is 12.2 Å². The van der Waals surface area contributed by atoms with E-state index in [0.29, 0.717) is 0 Å². The second-order valence-corrected chi connectivity index (χ2v) is 3.92. The first-order valence-electron chi connectivity index (χ1n) is 5.10. The molecule has 15 heavy (non-hydrogen) atoms. The van der Waals surface area contributed by atoms with Crippen molar-refractivity contribution in [3.63, 3.8) is 0 Å². The van der Waals surface area contributed by atoms with Crippen LogP contribution in [0.5, 0.6) is 0 Å². The molecule has 0 aromatic heterocycles. The van der Waals surface area contributed by atoms with E-state index >= 15 is 0 Å². The predicted molar refractivity (Wildman–Crippen MR) is 61.6 cm³/mol. The van der Waals surface area contributed by atoms with Crippen molar-refractivity contribution in [3.8, 4) is 0 Å². The van der Waals surface area contributed by atoms with Gasteiger partial charge in [-0.2, -0.15) is 12.2 Å². The molecule has 0 heterocycles. The summed E-state index contributed by atoms with van der Waals surface area (Å²) in [6.07, 6.45) is 12.6. The summed E-state index contributed by atoms with van der Waals surface area (Å²) in [4.78, 5) is 0. The molecule has 0 aromatic carbocycles. The first-order chi connectivity index (χ1) is 6.61. The molecule has 2 aliphatic carbocycles. The van der Waals surface area contributed by atoms with Gasteiger partial charge in [-0.05, 0) is 0 Å². The Morgan fingerprint density at radius 1 is 0.800 bits per heavy atom. The summed E-state index contributed by atoms with van der Waals surface area (Å²) in [5.41, 5.74) is 5.56. The van der Waals surface area contributed by atoms with Crippen LogP contribution >= 0.6 is 0 Å². The topological polar surface area (TPSA) is 0 Å². The molecule has 0 atom stereocenters. The van der Waals surface area contributed by atoms with Crippen LogP contribution in [-0.2, 0) is 18.6 Å². The zero-order valence-corrected chi connectivity index (χ0v) is 11.4. The minimum Gasteiger partial charge on any atom is -0.253 e. The average molecular weight is 237 g/mol. The van der Waals surface area contributed by atoms with Gasteiger partial charge in [-0.1, -0.05) is 26.7 Å². The van der Waals surface area contributed by atoms with Crippen LogP contribution in [0.3, 0.4) is 0 Å². The summed E-state index contributed by atoms with van der Waals surface area (Å²) >= 11 is 0. The van der Waals surface area contributed by atoms with E-state index in [-0.39, 0.29) is 18.6 Å². The van der Waals surface area contributed by atoms with Gasteiger partial charge in [0, 0.05) is 0 Å². The van der Waals surface area contributed by atoms with Crippen molar-refractivity contribution in [2.45, 2.75) is 40.5 Å². The number of rotatable bonds is 0. The molecule has 2 rings (SSSR count). The Hall–Kier alpha value is -0.456. The normalized spacial score (nSPS) is 17.9.